The molecule has 164 valence electrons. The van der Waals surface area contributed by atoms with Gasteiger partial charge in [0.1, 0.15) is 17.8 Å². The fourth-order valence-electron chi connectivity index (χ4n) is 3.78. The zero-order chi connectivity index (χ0) is 23.0. The summed E-state index contributed by atoms with van der Waals surface area (Å²) in [5.41, 5.74) is 0.571. The van der Waals surface area contributed by atoms with E-state index >= 15 is 0 Å². The minimum atomic E-state index is -3.20. The lowest BCUT2D eigenvalue weighted by Gasteiger charge is -2.18. The van der Waals surface area contributed by atoms with Crippen LogP contribution in [0.15, 0.2) is 48.5 Å². The van der Waals surface area contributed by atoms with Crippen molar-refractivity contribution in [3.8, 4) is 11.5 Å². The van der Waals surface area contributed by atoms with E-state index in [9.17, 15) is 23.2 Å². The summed E-state index contributed by atoms with van der Waals surface area (Å²) in [6.07, 6.45) is 0.586. The number of amides is 2. The van der Waals surface area contributed by atoms with Crippen molar-refractivity contribution in [1.29, 1.82) is 0 Å². The number of nitrogens with zero attached hydrogens (tertiary/aromatic N) is 1. The third-order valence-electron chi connectivity index (χ3n) is 5.03. The molecular weight excluding hydrogens is 420 g/mol. The molecule has 0 spiro atoms. The molecule has 4 rings (SSSR count). The average molecular weight is 439 g/mol. The van der Waals surface area contributed by atoms with Gasteiger partial charge in [0.2, 0.25) is 0 Å². The van der Waals surface area contributed by atoms with Crippen molar-refractivity contribution in [2.75, 3.05) is 4.90 Å². The number of hydrogen-bond acceptors (Lipinski definition) is 5. The average Bonchev–Trinajstić information content (AvgIpc) is 3.01. The van der Waals surface area contributed by atoms with Crippen LogP contribution in [0.5, 0.6) is 11.5 Å². The highest BCUT2D eigenvalue weighted by Gasteiger charge is 2.44. The molecule has 0 saturated carbocycles. The lowest BCUT2D eigenvalue weighted by molar-refractivity contribution is -0.107. The van der Waals surface area contributed by atoms with Gasteiger partial charge in [-0.3, -0.25) is 9.59 Å². The van der Waals surface area contributed by atoms with Crippen LogP contribution in [-0.2, 0) is 11.2 Å². The van der Waals surface area contributed by atoms with E-state index in [4.69, 9.17) is 9.47 Å². The van der Waals surface area contributed by atoms with Crippen LogP contribution < -0.4 is 14.4 Å². The topological polar surface area (TPSA) is 72.9 Å². The molecule has 0 bridgehead atoms. The van der Waals surface area contributed by atoms with Crippen LogP contribution in [0, 0.1) is 0 Å². The summed E-state index contributed by atoms with van der Waals surface area (Å²) >= 11 is 0. The Labute approximate surface area is 182 Å². The van der Waals surface area contributed by atoms with Crippen LogP contribution in [0.1, 0.15) is 40.1 Å². The Kier molecular flexibility index (Phi) is 5.61. The van der Waals surface area contributed by atoms with E-state index in [2.05, 4.69) is 0 Å². The number of carbonyl (C=O) groups excluding carboxylic acids is 3. The standard InChI is InChI=1S/C24H19F2NO5/c1-13(2)31-20-16-5-3-4-6-17(16)21(32-24(25)26)19-18(20)22(29)27(23(19)30)15-9-7-14(8-10-15)11-12-28/h3-10,12-13,24H,11H2,1-2H3. The number of fused-ring (bicyclic) bond motifs is 2. The number of ether oxygens (including phenoxy) is 2. The van der Waals surface area contributed by atoms with Crippen molar-refractivity contribution in [2.24, 2.45) is 0 Å². The number of carbonyl (C=O) groups is 3. The van der Waals surface area contributed by atoms with Gasteiger partial charge in [0.05, 0.1) is 22.9 Å². The summed E-state index contributed by atoms with van der Waals surface area (Å²) in [6.45, 7) is 0.323. The second-order valence-corrected chi connectivity index (χ2v) is 7.48. The monoisotopic (exact) mass is 439 g/mol. The van der Waals surface area contributed by atoms with Gasteiger partial charge >= 0.3 is 6.61 Å². The Morgan fingerprint density at radius 2 is 1.41 bits per heavy atom. The molecule has 3 aromatic carbocycles. The first-order valence-corrected chi connectivity index (χ1v) is 9.95. The molecule has 0 unspecified atom stereocenters. The molecule has 0 atom stereocenters. The molecule has 1 heterocycles. The van der Waals surface area contributed by atoms with Gasteiger partial charge in [0.25, 0.3) is 11.8 Å². The second kappa shape index (κ2) is 8.37. The molecule has 0 radical (unpaired) electrons. The molecule has 1 aliphatic heterocycles. The van der Waals surface area contributed by atoms with Crippen LogP contribution in [0.25, 0.3) is 10.8 Å². The molecule has 2 amide bonds. The summed E-state index contributed by atoms with van der Waals surface area (Å²) < 4.78 is 37.3. The molecule has 32 heavy (non-hydrogen) atoms. The molecule has 1 aliphatic rings. The van der Waals surface area contributed by atoms with E-state index in [1.165, 1.54) is 18.2 Å². The smallest absolute Gasteiger partial charge is 0.387 e. The maximum absolute atomic E-state index is 13.4. The zero-order valence-corrected chi connectivity index (χ0v) is 17.3. The summed E-state index contributed by atoms with van der Waals surface area (Å²) in [4.78, 5) is 38.4. The number of anilines is 1. The third kappa shape index (κ3) is 3.57. The van der Waals surface area contributed by atoms with Crippen molar-refractivity contribution in [2.45, 2.75) is 33.0 Å². The van der Waals surface area contributed by atoms with E-state index in [-0.39, 0.29) is 46.2 Å². The molecule has 0 aliphatic carbocycles. The summed E-state index contributed by atoms with van der Waals surface area (Å²) in [5.74, 6) is -1.71. The highest BCUT2D eigenvalue weighted by atomic mass is 19.3. The summed E-state index contributed by atoms with van der Waals surface area (Å²) in [7, 11) is 0. The fraction of sp³-hybridized carbons (Fsp3) is 0.208. The number of aldehydes is 1. The molecule has 6 nitrogen and oxygen atoms in total. The first-order chi connectivity index (χ1) is 15.3. The van der Waals surface area contributed by atoms with Crippen LogP contribution >= 0.6 is 0 Å². The van der Waals surface area contributed by atoms with Crippen molar-refractivity contribution >= 4 is 34.6 Å². The fourth-order valence-corrected chi connectivity index (χ4v) is 3.78. The largest absolute Gasteiger partial charge is 0.489 e. The van der Waals surface area contributed by atoms with Crippen molar-refractivity contribution in [3.05, 3.63) is 65.2 Å². The second-order valence-electron chi connectivity index (χ2n) is 7.48. The van der Waals surface area contributed by atoms with E-state index in [1.807, 2.05) is 0 Å². The molecule has 0 fully saturated rings. The van der Waals surface area contributed by atoms with Gasteiger partial charge < -0.3 is 14.3 Å². The van der Waals surface area contributed by atoms with Crippen molar-refractivity contribution < 1.29 is 32.6 Å². The molecule has 3 aromatic rings. The predicted octanol–water partition coefficient (Wildman–Crippen LogP) is 4.77. The minimum absolute atomic E-state index is 0.116. The van der Waals surface area contributed by atoms with Gasteiger partial charge in [-0.05, 0) is 31.5 Å². The Bertz CT molecular complexity index is 1150. The Morgan fingerprint density at radius 3 is 1.88 bits per heavy atom. The van der Waals surface area contributed by atoms with E-state index < -0.39 is 18.4 Å². The Hall–Kier alpha value is -3.81. The molecule has 0 aromatic heterocycles. The molecule has 8 heteroatoms. The van der Waals surface area contributed by atoms with Crippen LogP contribution in [0.2, 0.25) is 0 Å². The van der Waals surface area contributed by atoms with Gasteiger partial charge in [-0.25, -0.2) is 4.90 Å². The van der Waals surface area contributed by atoms with Gasteiger partial charge in [-0.15, -0.1) is 0 Å². The van der Waals surface area contributed by atoms with Gasteiger partial charge in [0.15, 0.2) is 0 Å². The maximum atomic E-state index is 13.4. The Morgan fingerprint density at radius 1 is 0.875 bits per heavy atom. The quantitative estimate of drug-likeness (QED) is 0.392. The number of benzene rings is 3. The third-order valence-corrected chi connectivity index (χ3v) is 5.03. The lowest BCUT2D eigenvalue weighted by atomic mass is 9.99. The van der Waals surface area contributed by atoms with Crippen molar-refractivity contribution in [3.63, 3.8) is 0 Å². The van der Waals surface area contributed by atoms with E-state index in [0.29, 0.717) is 10.9 Å². The first kappa shape index (κ1) is 21.4. The molecular formula is C24H19F2NO5. The SMILES string of the molecule is CC(C)Oc1c2c(c(OC(F)F)c3ccccc13)C(=O)N(c1ccc(CC=O)cc1)C2=O. The molecule has 0 N–H and O–H groups in total. The van der Waals surface area contributed by atoms with Crippen LogP contribution in [0.4, 0.5) is 14.5 Å². The first-order valence-electron chi connectivity index (χ1n) is 9.95. The predicted molar refractivity (Wildman–Crippen MR) is 114 cm³/mol. The van der Waals surface area contributed by atoms with Gasteiger partial charge in [0, 0.05) is 17.2 Å². The summed E-state index contributed by atoms with van der Waals surface area (Å²) in [6, 6.07) is 12.7. The lowest BCUT2D eigenvalue weighted by Crippen LogP contribution is -2.29. The van der Waals surface area contributed by atoms with Crippen LogP contribution in [-0.4, -0.2) is 30.8 Å². The van der Waals surface area contributed by atoms with Gasteiger partial charge in [-0.2, -0.15) is 8.78 Å². The van der Waals surface area contributed by atoms with E-state index in [1.54, 1.807) is 44.2 Å². The summed E-state index contributed by atoms with van der Waals surface area (Å²) in [5, 5.41) is 0.631. The van der Waals surface area contributed by atoms with Crippen molar-refractivity contribution in [1.82, 2.24) is 0 Å². The maximum Gasteiger partial charge on any atom is 0.387 e. The normalized spacial score (nSPS) is 13.2. The zero-order valence-electron chi connectivity index (χ0n) is 17.3. The Balaban J connectivity index is 1.96. The number of imide groups is 1. The van der Waals surface area contributed by atoms with Gasteiger partial charge in [-0.1, -0.05) is 36.4 Å². The highest BCUT2D eigenvalue weighted by molar-refractivity contribution is 6.38. The van der Waals surface area contributed by atoms with Crippen LogP contribution in [0.3, 0.4) is 0 Å². The number of hydrogen-bond donors (Lipinski definition) is 0. The number of alkyl halides is 2. The number of rotatable bonds is 7. The highest BCUT2D eigenvalue weighted by Crippen LogP contribution is 2.46. The minimum Gasteiger partial charge on any atom is -0.489 e. The number of halogens is 2. The molecule has 0 saturated heterocycles. The van der Waals surface area contributed by atoms with E-state index in [0.717, 1.165) is 11.2 Å².